The van der Waals surface area contributed by atoms with Crippen LogP contribution in [0.3, 0.4) is 0 Å². The number of anilines is 3. The number of aromatic nitrogens is 3. The third kappa shape index (κ3) is 6.70. The normalized spacial score (nSPS) is 11.9. The summed E-state index contributed by atoms with van der Waals surface area (Å²) in [6, 6.07) is 13.4. The van der Waals surface area contributed by atoms with Crippen LogP contribution in [-0.2, 0) is 21.2 Å². The van der Waals surface area contributed by atoms with Crippen molar-refractivity contribution in [1.82, 2.24) is 25.2 Å². The van der Waals surface area contributed by atoms with E-state index in [-0.39, 0.29) is 18.0 Å². The number of fused-ring (bicyclic) bond motifs is 1. The predicted molar refractivity (Wildman–Crippen MR) is 151 cm³/mol. The molecule has 0 atom stereocenters. The van der Waals surface area contributed by atoms with Gasteiger partial charge in [0.2, 0.25) is 21.9 Å². The zero-order chi connectivity index (χ0) is 28.2. The molecule has 2 heterocycles. The number of carbonyl (C=O) groups is 1. The van der Waals surface area contributed by atoms with Crippen LogP contribution in [0.4, 0.5) is 21.7 Å². The molecule has 0 fully saturated rings. The average Bonchev–Trinajstić information content (AvgIpc) is 3.29. The third-order valence-electron chi connectivity index (χ3n) is 5.98. The van der Waals surface area contributed by atoms with Gasteiger partial charge in [-0.2, -0.15) is 4.98 Å². The van der Waals surface area contributed by atoms with E-state index in [2.05, 4.69) is 30.6 Å². The van der Waals surface area contributed by atoms with Crippen molar-refractivity contribution in [2.45, 2.75) is 31.9 Å². The Hall–Kier alpha value is -4.03. The van der Waals surface area contributed by atoms with Gasteiger partial charge in [-0.25, -0.2) is 17.8 Å². The monoisotopic (exact) mass is 553 g/mol. The minimum atomic E-state index is -3.82. The van der Waals surface area contributed by atoms with Crippen molar-refractivity contribution in [3.63, 3.8) is 0 Å². The summed E-state index contributed by atoms with van der Waals surface area (Å²) < 4.78 is 42.7. The molecule has 0 aliphatic rings. The number of rotatable bonds is 10. The molecule has 1 amide bonds. The highest BCUT2D eigenvalue weighted by molar-refractivity contribution is 7.94. The number of carbonyl (C=O) groups excluding carboxylic acids is 1. The lowest BCUT2D eigenvalue weighted by atomic mass is 10.1. The summed E-state index contributed by atoms with van der Waals surface area (Å²) in [5, 5.41) is 9.74. The molecule has 0 unspecified atom stereocenters. The Labute approximate surface area is 227 Å². The second-order valence-electron chi connectivity index (χ2n) is 9.99. The van der Waals surface area contributed by atoms with E-state index >= 15 is 0 Å². The van der Waals surface area contributed by atoms with Gasteiger partial charge in [0.05, 0.1) is 16.9 Å². The van der Waals surface area contributed by atoms with E-state index in [4.69, 9.17) is 0 Å². The maximum absolute atomic E-state index is 14.5. The molecule has 2 aromatic heterocycles. The molecule has 0 bridgehead atoms. The highest BCUT2D eigenvalue weighted by Gasteiger charge is 2.29. The molecule has 0 aliphatic heterocycles. The topological polar surface area (TPSA) is 130 Å². The van der Waals surface area contributed by atoms with Crippen LogP contribution in [0.5, 0.6) is 0 Å². The minimum Gasteiger partial charge on any atom is -0.355 e. The van der Waals surface area contributed by atoms with Crippen LogP contribution in [-0.4, -0.2) is 53.7 Å². The molecule has 4 N–H and O–H groups in total. The first-order valence-corrected chi connectivity index (χ1v) is 13.9. The Kier molecular flexibility index (Phi) is 8.17. The van der Waals surface area contributed by atoms with Crippen LogP contribution in [0.25, 0.3) is 16.7 Å². The standard InChI is InChI=1S/C27H32FN7O3S/c1-27(2,3)39(37,38)34-23-16-21(9-10-22(23)28)35-14-11-19-17-31-26(33-25(19)35)32-20-7-5-18(6-8-20)15-24(36)30-13-12-29-4/h5-11,14,16-17,29,34H,12-13,15H2,1-4H3,(H,30,36)(H,31,32,33). The zero-order valence-electron chi connectivity index (χ0n) is 22.2. The number of hydrogen-bond acceptors (Lipinski definition) is 7. The van der Waals surface area contributed by atoms with Gasteiger partial charge in [0.25, 0.3) is 0 Å². The SMILES string of the molecule is CNCCNC(=O)Cc1ccc(Nc2ncc3ccn(-c4ccc(F)c(NS(=O)(=O)C(C)(C)C)c4)c3n2)cc1. The molecule has 0 spiro atoms. The van der Waals surface area contributed by atoms with Gasteiger partial charge in [-0.05, 0) is 69.8 Å². The van der Waals surface area contributed by atoms with Crippen LogP contribution in [0.2, 0.25) is 0 Å². The molecule has 0 saturated heterocycles. The third-order valence-corrected chi connectivity index (χ3v) is 8.08. The molecule has 0 saturated carbocycles. The summed E-state index contributed by atoms with van der Waals surface area (Å²) in [4.78, 5) is 21.0. The molecular weight excluding hydrogens is 521 g/mol. The van der Waals surface area contributed by atoms with Gasteiger partial charge in [0.1, 0.15) is 11.5 Å². The van der Waals surface area contributed by atoms with Gasteiger partial charge in [-0.1, -0.05) is 12.1 Å². The van der Waals surface area contributed by atoms with Crippen molar-refractivity contribution >= 4 is 44.3 Å². The fourth-order valence-electron chi connectivity index (χ4n) is 3.64. The lowest BCUT2D eigenvalue weighted by Gasteiger charge is -2.21. The van der Waals surface area contributed by atoms with E-state index < -0.39 is 20.6 Å². The average molecular weight is 554 g/mol. The molecule has 39 heavy (non-hydrogen) atoms. The molecule has 2 aromatic carbocycles. The molecule has 4 rings (SSSR count). The van der Waals surface area contributed by atoms with Crippen LogP contribution in [0, 0.1) is 5.82 Å². The Morgan fingerprint density at radius 2 is 1.79 bits per heavy atom. The summed E-state index contributed by atoms with van der Waals surface area (Å²) in [7, 11) is -1.99. The molecule has 12 heteroatoms. The van der Waals surface area contributed by atoms with E-state index in [9.17, 15) is 17.6 Å². The Bertz CT molecular complexity index is 1580. The van der Waals surface area contributed by atoms with Crippen molar-refractivity contribution in [3.05, 3.63) is 72.3 Å². The highest BCUT2D eigenvalue weighted by atomic mass is 32.2. The molecule has 0 radical (unpaired) electrons. The Morgan fingerprint density at radius 1 is 1.05 bits per heavy atom. The lowest BCUT2D eigenvalue weighted by Crippen LogP contribution is -2.34. The van der Waals surface area contributed by atoms with Crippen molar-refractivity contribution < 1.29 is 17.6 Å². The number of benzene rings is 2. The van der Waals surface area contributed by atoms with E-state index in [0.29, 0.717) is 30.4 Å². The fourth-order valence-corrected chi connectivity index (χ4v) is 4.39. The summed E-state index contributed by atoms with van der Waals surface area (Å²) in [5.41, 5.74) is 2.56. The van der Waals surface area contributed by atoms with Gasteiger partial charge in [-0.3, -0.25) is 9.52 Å². The maximum Gasteiger partial charge on any atom is 0.237 e. The smallest absolute Gasteiger partial charge is 0.237 e. The van der Waals surface area contributed by atoms with E-state index in [1.807, 2.05) is 37.4 Å². The largest absolute Gasteiger partial charge is 0.355 e. The van der Waals surface area contributed by atoms with E-state index in [0.717, 1.165) is 16.6 Å². The summed E-state index contributed by atoms with van der Waals surface area (Å²) in [6.45, 7) is 5.90. The van der Waals surface area contributed by atoms with E-state index in [1.54, 1.807) is 43.8 Å². The van der Waals surface area contributed by atoms with Crippen molar-refractivity contribution in [2.75, 3.05) is 30.2 Å². The number of amides is 1. The Morgan fingerprint density at radius 3 is 2.49 bits per heavy atom. The Balaban J connectivity index is 1.53. The highest BCUT2D eigenvalue weighted by Crippen LogP contribution is 2.27. The molecule has 10 nitrogen and oxygen atoms in total. The van der Waals surface area contributed by atoms with Crippen LogP contribution in [0.1, 0.15) is 26.3 Å². The zero-order valence-corrected chi connectivity index (χ0v) is 23.1. The van der Waals surface area contributed by atoms with Crippen molar-refractivity contribution in [3.8, 4) is 5.69 Å². The van der Waals surface area contributed by atoms with E-state index in [1.165, 1.54) is 12.1 Å². The summed E-state index contributed by atoms with van der Waals surface area (Å²) in [5.74, 6) is -0.384. The number of sulfonamides is 1. The van der Waals surface area contributed by atoms with Crippen LogP contribution in [0.15, 0.2) is 60.9 Å². The molecule has 0 aliphatic carbocycles. The van der Waals surface area contributed by atoms with Gasteiger partial charge in [-0.15, -0.1) is 0 Å². The van der Waals surface area contributed by atoms with Gasteiger partial charge in [0.15, 0.2) is 0 Å². The van der Waals surface area contributed by atoms with Crippen LogP contribution >= 0.6 is 0 Å². The van der Waals surface area contributed by atoms with Gasteiger partial charge < -0.3 is 20.5 Å². The molecule has 4 aromatic rings. The number of likely N-dealkylation sites (N-methyl/N-ethyl adjacent to an activating group) is 1. The first-order valence-electron chi connectivity index (χ1n) is 12.4. The van der Waals surface area contributed by atoms with Gasteiger partial charge >= 0.3 is 0 Å². The quantitative estimate of drug-likeness (QED) is 0.220. The first kappa shape index (κ1) is 28.0. The first-order chi connectivity index (χ1) is 18.5. The number of nitrogens with zero attached hydrogens (tertiary/aromatic N) is 3. The number of halogens is 1. The summed E-state index contributed by atoms with van der Waals surface area (Å²) >= 11 is 0. The lowest BCUT2D eigenvalue weighted by molar-refractivity contribution is -0.120. The second kappa shape index (κ2) is 11.4. The minimum absolute atomic E-state index is 0.0457. The predicted octanol–water partition coefficient (Wildman–Crippen LogP) is 3.72. The number of nitrogens with one attached hydrogen (secondary N) is 4. The van der Waals surface area contributed by atoms with Crippen molar-refractivity contribution in [1.29, 1.82) is 0 Å². The molecular formula is C27H32FN7O3S. The van der Waals surface area contributed by atoms with Crippen LogP contribution < -0.4 is 20.7 Å². The van der Waals surface area contributed by atoms with Crippen molar-refractivity contribution in [2.24, 2.45) is 0 Å². The van der Waals surface area contributed by atoms with Gasteiger partial charge in [0, 0.05) is 42.2 Å². The fraction of sp³-hybridized carbons (Fsp3) is 0.296. The number of hydrogen-bond donors (Lipinski definition) is 4. The molecule has 206 valence electrons. The second-order valence-corrected chi connectivity index (χ2v) is 12.4. The summed E-state index contributed by atoms with van der Waals surface area (Å²) in [6.07, 6.45) is 3.71. The maximum atomic E-state index is 14.5.